The zero-order chi connectivity index (χ0) is 27.9. The Labute approximate surface area is 236 Å². The van der Waals surface area contributed by atoms with Gasteiger partial charge in [-0.25, -0.2) is 19.2 Å². The predicted octanol–water partition coefficient (Wildman–Crippen LogP) is 4.96. The Morgan fingerprint density at radius 1 is 1.05 bits per heavy atom. The van der Waals surface area contributed by atoms with Gasteiger partial charge in [0.05, 0.1) is 30.2 Å². The number of rotatable bonds is 8. The molecule has 1 aromatic heterocycles. The van der Waals surface area contributed by atoms with Crippen molar-refractivity contribution in [3.63, 3.8) is 0 Å². The number of nitrogens with one attached hydrogen (secondary N) is 1. The maximum absolute atomic E-state index is 14.3. The highest BCUT2D eigenvalue weighted by atomic mass is 19.1. The lowest BCUT2D eigenvalue weighted by molar-refractivity contribution is 0.0171. The molecule has 4 aliphatic rings. The molecule has 1 N–H and O–H groups in total. The Kier molecular flexibility index (Phi) is 7.27. The smallest absolute Gasteiger partial charge is 0.325 e. The van der Waals surface area contributed by atoms with Crippen molar-refractivity contribution in [2.24, 2.45) is 11.8 Å². The summed E-state index contributed by atoms with van der Waals surface area (Å²) >= 11 is 0. The van der Waals surface area contributed by atoms with Crippen molar-refractivity contribution in [2.45, 2.75) is 75.3 Å². The highest BCUT2D eigenvalue weighted by molar-refractivity contribution is 5.95. The molecule has 1 spiro atoms. The molecule has 214 valence electrons. The van der Waals surface area contributed by atoms with E-state index in [4.69, 9.17) is 0 Å². The van der Waals surface area contributed by atoms with Crippen molar-refractivity contribution >= 4 is 17.6 Å². The molecule has 6 rings (SSSR count). The normalized spacial score (nSPS) is 27.2. The molecule has 9 heteroatoms. The molecule has 0 bridgehead atoms. The average Bonchev–Trinajstić information content (AvgIpc) is 3.16. The van der Waals surface area contributed by atoms with E-state index in [1.807, 2.05) is 6.07 Å². The predicted molar refractivity (Wildman–Crippen MR) is 151 cm³/mol. The number of aromatic nitrogens is 2. The van der Waals surface area contributed by atoms with Gasteiger partial charge >= 0.3 is 6.03 Å². The van der Waals surface area contributed by atoms with Gasteiger partial charge in [-0.2, -0.15) is 0 Å². The summed E-state index contributed by atoms with van der Waals surface area (Å²) in [6.45, 7) is 2.01. The highest BCUT2D eigenvalue weighted by Gasteiger charge is 2.55. The third-order valence-electron chi connectivity index (χ3n) is 10.3. The van der Waals surface area contributed by atoms with Gasteiger partial charge in [0.25, 0.3) is 5.91 Å². The summed E-state index contributed by atoms with van der Waals surface area (Å²) in [5.41, 5.74) is 1.06. The number of amides is 3. The number of urea groups is 1. The van der Waals surface area contributed by atoms with Gasteiger partial charge in [0.1, 0.15) is 5.82 Å². The van der Waals surface area contributed by atoms with E-state index in [1.54, 1.807) is 29.4 Å². The summed E-state index contributed by atoms with van der Waals surface area (Å²) in [6.07, 6.45) is 13.7. The lowest BCUT2D eigenvalue weighted by Gasteiger charge is -2.51. The molecule has 4 fully saturated rings. The maximum Gasteiger partial charge on any atom is 0.325 e. The van der Waals surface area contributed by atoms with E-state index in [1.165, 1.54) is 31.7 Å². The van der Waals surface area contributed by atoms with Gasteiger partial charge in [0.15, 0.2) is 0 Å². The Balaban J connectivity index is 1.21. The fourth-order valence-electron chi connectivity index (χ4n) is 7.12. The molecule has 1 aromatic carbocycles. The van der Waals surface area contributed by atoms with Gasteiger partial charge in [-0.05, 0) is 95.0 Å². The van der Waals surface area contributed by atoms with Gasteiger partial charge < -0.3 is 10.2 Å². The molecule has 0 atom stereocenters. The molecule has 3 aliphatic carbocycles. The molecule has 0 radical (unpaired) electrons. The van der Waals surface area contributed by atoms with Crippen LogP contribution in [-0.4, -0.2) is 71.0 Å². The standard InChI is InChI=1S/C31H41FN6O2/c1-36(2)31(24-10-5-11-25(32)16-24)14-12-30(13-15-31)21-37(29(40)38(30)20-23-8-4-9-23)26-18-33-27(34-19-26)28(39)35-17-22-6-3-7-22/h5,10-11,16,18-19,22-23H,3-4,6-9,12-15,17,20-21H2,1-2H3,(H,35,39)/t30-,31-. The van der Waals surface area contributed by atoms with Crippen LogP contribution in [0.15, 0.2) is 36.7 Å². The zero-order valence-corrected chi connectivity index (χ0v) is 23.7. The summed E-state index contributed by atoms with van der Waals surface area (Å²) in [5, 5.41) is 2.94. The maximum atomic E-state index is 14.3. The molecule has 1 aliphatic heterocycles. The van der Waals surface area contributed by atoms with Crippen LogP contribution in [0, 0.1) is 17.7 Å². The van der Waals surface area contributed by atoms with Crippen LogP contribution in [0.4, 0.5) is 14.9 Å². The van der Waals surface area contributed by atoms with Crippen LogP contribution >= 0.6 is 0 Å². The monoisotopic (exact) mass is 548 g/mol. The number of carbonyl (C=O) groups excluding carboxylic acids is 2. The molecule has 2 heterocycles. The number of carbonyl (C=O) groups is 2. The minimum atomic E-state index is -0.293. The van der Waals surface area contributed by atoms with Gasteiger partial charge in [-0.1, -0.05) is 25.0 Å². The first kappa shape index (κ1) is 27.1. The van der Waals surface area contributed by atoms with Crippen molar-refractivity contribution in [2.75, 3.05) is 38.6 Å². The molecule has 40 heavy (non-hydrogen) atoms. The lowest BCUT2D eigenvalue weighted by Crippen LogP contribution is -2.56. The fraction of sp³-hybridized carbons (Fsp3) is 0.613. The van der Waals surface area contributed by atoms with Gasteiger partial charge in [-0.3, -0.25) is 14.6 Å². The average molecular weight is 549 g/mol. The molecule has 8 nitrogen and oxygen atoms in total. The third-order valence-corrected chi connectivity index (χ3v) is 10.3. The fourth-order valence-corrected chi connectivity index (χ4v) is 7.12. The quantitative estimate of drug-likeness (QED) is 0.505. The Bertz CT molecular complexity index is 1230. The van der Waals surface area contributed by atoms with Crippen LogP contribution < -0.4 is 10.2 Å². The summed E-state index contributed by atoms with van der Waals surface area (Å²) < 4.78 is 14.3. The molecule has 3 saturated carbocycles. The van der Waals surface area contributed by atoms with Crippen molar-refractivity contribution in [3.8, 4) is 0 Å². The van der Waals surface area contributed by atoms with E-state index >= 15 is 0 Å². The van der Waals surface area contributed by atoms with Crippen molar-refractivity contribution in [3.05, 3.63) is 53.9 Å². The summed E-state index contributed by atoms with van der Waals surface area (Å²) in [5.74, 6) is 0.764. The SMILES string of the molecule is CN(C)[C@]1(c2cccc(F)c2)CC[C@@]2(CC1)CN(c1cnc(C(=O)NCC3CCC3)nc1)C(=O)N2CC1CCC1. The molecule has 0 unspecified atom stereocenters. The van der Waals surface area contributed by atoms with E-state index < -0.39 is 0 Å². The number of hydrogen-bond acceptors (Lipinski definition) is 5. The minimum absolute atomic E-state index is 0.000735. The van der Waals surface area contributed by atoms with Crippen molar-refractivity contribution in [1.82, 2.24) is 25.1 Å². The second kappa shape index (κ2) is 10.7. The molecular weight excluding hydrogens is 507 g/mol. The van der Waals surface area contributed by atoms with Gasteiger partial charge in [-0.15, -0.1) is 0 Å². The van der Waals surface area contributed by atoms with Gasteiger partial charge in [0, 0.05) is 18.6 Å². The second-order valence-electron chi connectivity index (χ2n) is 12.7. The van der Waals surface area contributed by atoms with Crippen LogP contribution in [0.2, 0.25) is 0 Å². The van der Waals surface area contributed by atoms with E-state index in [2.05, 4.69) is 39.2 Å². The minimum Gasteiger partial charge on any atom is -0.349 e. The number of halogens is 1. The number of benzene rings is 1. The first-order valence-corrected chi connectivity index (χ1v) is 14.9. The van der Waals surface area contributed by atoms with Crippen LogP contribution in [0.5, 0.6) is 0 Å². The van der Waals surface area contributed by atoms with Crippen molar-refractivity contribution in [1.29, 1.82) is 0 Å². The lowest BCUT2D eigenvalue weighted by atomic mass is 9.68. The highest BCUT2D eigenvalue weighted by Crippen LogP contribution is 2.50. The first-order valence-electron chi connectivity index (χ1n) is 14.9. The van der Waals surface area contributed by atoms with Crippen LogP contribution in [0.25, 0.3) is 0 Å². The number of hydrogen-bond donors (Lipinski definition) is 1. The Hall–Kier alpha value is -3.07. The van der Waals surface area contributed by atoms with Crippen LogP contribution in [0.1, 0.15) is 80.4 Å². The molecule has 3 amide bonds. The molecule has 1 saturated heterocycles. The first-order chi connectivity index (χ1) is 19.3. The Morgan fingerprint density at radius 3 is 2.30 bits per heavy atom. The largest absolute Gasteiger partial charge is 0.349 e. The van der Waals surface area contributed by atoms with Gasteiger partial charge in [0.2, 0.25) is 5.82 Å². The summed E-state index contributed by atoms with van der Waals surface area (Å²) in [7, 11) is 4.14. The van der Waals surface area contributed by atoms with Crippen molar-refractivity contribution < 1.29 is 14.0 Å². The molecular formula is C31H41FN6O2. The number of nitrogens with zero attached hydrogens (tertiary/aromatic N) is 5. The third kappa shape index (κ3) is 4.86. The Morgan fingerprint density at radius 2 is 1.73 bits per heavy atom. The van der Waals surface area contributed by atoms with E-state index in [-0.39, 0.29) is 34.7 Å². The number of anilines is 1. The summed E-state index contributed by atoms with van der Waals surface area (Å²) in [4.78, 5) is 41.3. The molecule has 2 aromatic rings. The second-order valence-corrected chi connectivity index (χ2v) is 12.7. The van der Waals surface area contributed by atoms with Crippen LogP contribution in [-0.2, 0) is 5.54 Å². The van der Waals surface area contributed by atoms with E-state index in [9.17, 15) is 14.0 Å². The topological polar surface area (TPSA) is 81.7 Å². The van der Waals surface area contributed by atoms with Crippen LogP contribution in [0.3, 0.4) is 0 Å². The summed E-state index contributed by atoms with van der Waals surface area (Å²) in [6, 6.07) is 6.98. The van der Waals surface area contributed by atoms with E-state index in [0.29, 0.717) is 30.6 Å². The van der Waals surface area contributed by atoms with E-state index in [0.717, 1.165) is 50.6 Å². The zero-order valence-electron chi connectivity index (χ0n) is 23.7.